The Morgan fingerprint density at radius 2 is 1.82 bits per heavy atom. The van der Waals surface area contributed by atoms with Gasteiger partial charge in [-0.15, -0.1) is 0 Å². The second-order valence-corrected chi connectivity index (χ2v) is 10.1. The molecule has 2 rings (SSSR count). The maximum Gasteiger partial charge on any atom is 0.327 e. The van der Waals surface area contributed by atoms with Gasteiger partial charge in [-0.3, -0.25) is 4.79 Å². The number of aliphatic carboxylic acids is 1. The molecule has 0 radical (unpaired) electrons. The molecule has 2 aromatic rings. The molecule has 154 valence electrons. The number of aromatic nitrogens is 2. The fourth-order valence-corrected chi connectivity index (χ4v) is 3.92. The Morgan fingerprint density at radius 1 is 1.18 bits per heavy atom. The van der Waals surface area contributed by atoms with Gasteiger partial charge in [-0.05, 0) is 24.0 Å². The number of nitrogens with one attached hydrogen (secondary N) is 1. The third-order valence-electron chi connectivity index (χ3n) is 4.39. The zero-order valence-corrected chi connectivity index (χ0v) is 18.4. The summed E-state index contributed by atoms with van der Waals surface area (Å²) in [5.74, 6) is -0.0946. The van der Waals surface area contributed by atoms with E-state index in [1.165, 1.54) is 11.8 Å². The number of carbonyl (C=O) groups is 2. The molecule has 0 saturated carbocycles. The van der Waals surface area contributed by atoms with Crippen LogP contribution in [0, 0.1) is 10.8 Å². The third-order valence-corrected chi connectivity index (χ3v) is 5.43. The predicted octanol–water partition coefficient (Wildman–Crippen LogP) is 4.35. The summed E-state index contributed by atoms with van der Waals surface area (Å²) in [4.78, 5) is 28.7. The number of nitrogens with zero attached hydrogens (tertiary/aromatic N) is 2. The summed E-state index contributed by atoms with van der Waals surface area (Å²) in [5, 5.41) is 13.5. The maximum atomic E-state index is 12.1. The number of thioether (sulfide) groups is 1. The van der Waals surface area contributed by atoms with E-state index in [0.29, 0.717) is 11.7 Å². The molecule has 1 heterocycles. The molecule has 1 amide bonds. The summed E-state index contributed by atoms with van der Waals surface area (Å²) in [6.45, 7) is 12.0. The molecule has 0 fully saturated rings. The number of benzene rings is 1. The molecule has 7 heteroatoms. The van der Waals surface area contributed by atoms with Crippen LogP contribution in [0.4, 0.5) is 0 Å². The first-order valence-corrected chi connectivity index (χ1v) is 10.5. The molecule has 0 saturated heterocycles. The van der Waals surface area contributed by atoms with Crippen molar-refractivity contribution >= 4 is 34.7 Å². The summed E-state index contributed by atoms with van der Waals surface area (Å²) >= 11 is 1.53. The highest BCUT2D eigenvalue weighted by Crippen LogP contribution is 2.37. The molecule has 2 N–H and O–H groups in total. The number of hydrogen-bond donors (Lipinski definition) is 2. The number of para-hydroxylation sites is 2. The molecule has 1 aromatic heterocycles. The number of fused-ring (bicyclic) bond motifs is 1. The Hall–Kier alpha value is -2.02. The van der Waals surface area contributed by atoms with Gasteiger partial charge in [0, 0.05) is 17.7 Å². The molecule has 1 atom stereocenters. The number of carboxylic acid groups (broad SMARTS) is 1. The van der Waals surface area contributed by atoms with E-state index in [1.807, 2.05) is 70.4 Å². The lowest BCUT2D eigenvalue weighted by molar-refractivity contribution is -0.144. The van der Waals surface area contributed by atoms with Gasteiger partial charge < -0.3 is 15.0 Å². The average Bonchev–Trinajstić information content (AvgIpc) is 2.90. The largest absolute Gasteiger partial charge is 0.480 e. The van der Waals surface area contributed by atoms with Crippen LogP contribution in [-0.2, 0) is 9.59 Å². The first-order chi connectivity index (χ1) is 12.9. The number of amides is 1. The Kier molecular flexibility index (Phi) is 6.80. The zero-order chi connectivity index (χ0) is 21.1. The lowest BCUT2D eigenvalue weighted by Crippen LogP contribution is -2.35. The topological polar surface area (TPSA) is 84.2 Å². The lowest BCUT2D eigenvalue weighted by Gasteiger charge is -2.29. The predicted molar refractivity (Wildman–Crippen MR) is 114 cm³/mol. The second kappa shape index (κ2) is 8.55. The number of imidazole rings is 1. The molecule has 6 nitrogen and oxygen atoms in total. The van der Waals surface area contributed by atoms with Gasteiger partial charge in [0.15, 0.2) is 5.16 Å². The van der Waals surface area contributed by atoms with Crippen molar-refractivity contribution in [2.24, 2.45) is 10.8 Å². The lowest BCUT2D eigenvalue weighted by atomic mass is 9.86. The van der Waals surface area contributed by atoms with Crippen LogP contribution in [0.25, 0.3) is 11.0 Å². The summed E-state index contributed by atoms with van der Waals surface area (Å²) in [5.41, 5.74) is 0.753. The Bertz CT molecular complexity index is 847. The van der Waals surface area contributed by atoms with Crippen LogP contribution in [0.1, 0.15) is 54.0 Å². The van der Waals surface area contributed by atoms with Gasteiger partial charge >= 0.3 is 5.97 Å². The zero-order valence-electron chi connectivity index (χ0n) is 17.6. The third kappa shape index (κ3) is 5.28. The summed E-state index contributed by atoms with van der Waals surface area (Å²) in [6, 6.07) is 6.91. The van der Waals surface area contributed by atoms with E-state index in [1.54, 1.807) is 0 Å². The van der Waals surface area contributed by atoms with Gasteiger partial charge in [0.2, 0.25) is 5.91 Å². The van der Waals surface area contributed by atoms with Gasteiger partial charge in [-0.2, -0.15) is 0 Å². The number of carbonyl (C=O) groups excluding carboxylic acids is 1. The van der Waals surface area contributed by atoms with Crippen molar-refractivity contribution < 1.29 is 14.7 Å². The highest BCUT2D eigenvalue weighted by molar-refractivity contribution is 7.99. The highest BCUT2D eigenvalue weighted by atomic mass is 32.2. The number of carboxylic acids is 1. The number of rotatable bonds is 7. The highest BCUT2D eigenvalue weighted by Gasteiger charge is 2.35. The van der Waals surface area contributed by atoms with E-state index in [0.717, 1.165) is 23.2 Å². The van der Waals surface area contributed by atoms with Crippen molar-refractivity contribution in [1.29, 1.82) is 0 Å². The molecule has 1 aromatic carbocycles. The van der Waals surface area contributed by atoms with E-state index in [-0.39, 0.29) is 5.91 Å². The van der Waals surface area contributed by atoms with Crippen LogP contribution < -0.4 is 5.32 Å². The van der Waals surface area contributed by atoms with Gasteiger partial charge in [0.25, 0.3) is 0 Å². The quantitative estimate of drug-likeness (QED) is 0.528. The van der Waals surface area contributed by atoms with E-state index in [4.69, 9.17) is 0 Å². The maximum absolute atomic E-state index is 12.1. The second-order valence-electron chi connectivity index (χ2n) is 9.07. The summed E-state index contributed by atoms with van der Waals surface area (Å²) in [7, 11) is 0. The Labute approximate surface area is 171 Å². The Morgan fingerprint density at radius 3 is 2.39 bits per heavy atom. The van der Waals surface area contributed by atoms with Crippen molar-refractivity contribution in [1.82, 2.24) is 14.9 Å². The van der Waals surface area contributed by atoms with E-state index in [9.17, 15) is 14.7 Å². The monoisotopic (exact) mass is 405 g/mol. The van der Waals surface area contributed by atoms with E-state index >= 15 is 0 Å². The van der Waals surface area contributed by atoms with Crippen LogP contribution >= 0.6 is 11.8 Å². The minimum absolute atomic E-state index is 0.0309. The van der Waals surface area contributed by atoms with Gasteiger partial charge in [-0.25, -0.2) is 9.78 Å². The van der Waals surface area contributed by atoms with Gasteiger partial charge in [0.1, 0.15) is 6.04 Å². The normalized spacial score (nSPS) is 13.5. The summed E-state index contributed by atoms with van der Waals surface area (Å²) in [6.07, 6.45) is 0.781. The molecular weight excluding hydrogens is 374 g/mol. The molecule has 1 unspecified atom stereocenters. The molecule has 0 aliphatic rings. The molecule has 0 aliphatic heterocycles. The van der Waals surface area contributed by atoms with E-state index in [2.05, 4.69) is 10.3 Å². The SMILES string of the molecule is CC(C)(C)C(=O)NCCCSc1nc2ccccc2n1C(C(=O)O)C(C)(C)C. The van der Waals surface area contributed by atoms with Crippen LogP contribution in [0.15, 0.2) is 29.4 Å². The van der Waals surface area contributed by atoms with Crippen molar-refractivity contribution in [3.63, 3.8) is 0 Å². The smallest absolute Gasteiger partial charge is 0.327 e. The summed E-state index contributed by atoms with van der Waals surface area (Å²) < 4.78 is 1.84. The van der Waals surface area contributed by atoms with Crippen LogP contribution in [0.2, 0.25) is 0 Å². The van der Waals surface area contributed by atoms with Crippen molar-refractivity contribution in [3.8, 4) is 0 Å². The van der Waals surface area contributed by atoms with Crippen LogP contribution in [0.3, 0.4) is 0 Å². The molecule has 0 spiro atoms. The minimum atomic E-state index is -0.866. The van der Waals surface area contributed by atoms with Crippen molar-refractivity contribution in [2.75, 3.05) is 12.3 Å². The minimum Gasteiger partial charge on any atom is -0.480 e. The van der Waals surface area contributed by atoms with Crippen molar-refractivity contribution in [2.45, 2.75) is 59.2 Å². The first kappa shape index (κ1) is 22.3. The van der Waals surface area contributed by atoms with Crippen LogP contribution in [-0.4, -0.2) is 38.8 Å². The van der Waals surface area contributed by atoms with Crippen molar-refractivity contribution in [3.05, 3.63) is 24.3 Å². The van der Waals surface area contributed by atoms with Gasteiger partial charge in [0.05, 0.1) is 11.0 Å². The van der Waals surface area contributed by atoms with Gasteiger partial charge in [-0.1, -0.05) is 65.4 Å². The number of hydrogen-bond acceptors (Lipinski definition) is 4. The molecular formula is C21H31N3O3S. The van der Waals surface area contributed by atoms with Crippen LogP contribution in [0.5, 0.6) is 0 Å². The first-order valence-electron chi connectivity index (χ1n) is 9.54. The average molecular weight is 406 g/mol. The van der Waals surface area contributed by atoms with E-state index < -0.39 is 22.8 Å². The fourth-order valence-electron chi connectivity index (χ4n) is 2.94. The Balaban J connectivity index is 2.18. The molecule has 28 heavy (non-hydrogen) atoms. The standard InChI is InChI=1S/C21H31N3O3S/c1-20(2,3)16(17(25)26)24-15-11-8-7-10-14(15)23-19(24)28-13-9-12-22-18(27)21(4,5)6/h7-8,10-11,16H,9,12-13H2,1-6H3,(H,22,27)(H,25,26). The molecule has 0 aliphatic carbocycles. The molecule has 0 bridgehead atoms. The fraction of sp³-hybridized carbons (Fsp3) is 0.571.